The molecule has 2 aromatic rings. The van der Waals surface area contributed by atoms with Crippen molar-refractivity contribution < 1.29 is 17.7 Å². The molecule has 0 aromatic carbocycles. The Kier molecular flexibility index (Phi) is 6.34. The van der Waals surface area contributed by atoms with Gasteiger partial charge in [0, 0.05) is 39.1 Å². The number of hydrogen-bond donors (Lipinski definition) is 0. The summed E-state index contributed by atoms with van der Waals surface area (Å²) >= 11 is 1.34. The van der Waals surface area contributed by atoms with Crippen LogP contribution in [-0.4, -0.2) is 75.4 Å². The molecule has 0 saturated carbocycles. The van der Waals surface area contributed by atoms with E-state index in [1.807, 2.05) is 25.5 Å². The van der Waals surface area contributed by atoms with Crippen LogP contribution < -0.4 is 0 Å². The molecule has 0 atom stereocenters. The summed E-state index contributed by atoms with van der Waals surface area (Å²) in [5.74, 6) is 1.60. The molecule has 2 aromatic heterocycles. The summed E-state index contributed by atoms with van der Waals surface area (Å²) in [6.45, 7) is 8.45. The zero-order valence-electron chi connectivity index (χ0n) is 17.2. The lowest BCUT2D eigenvalue weighted by atomic mass is 10.2. The molecule has 1 amide bonds. The molecular weight excluding hydrogens is 416 g/mol. The predicted octanol–water partition coefficient (Wildman–Crippen LogP) is 1.17. The molecule has 29 heavy (non-hydrogen) atoms. The van der Waals surface area contributed by atoms with E-state index < -0.39 is 10.0 Å². The Morgan fingerprint density at radius 3 is 2.34 bits per heavy atom. The highest BCUT2D eigenvalue weighted by Gasteiger charge is 2.34. The summed E-state index contributed by atoms with van der Waals surface area (Å²) in [5.41, 5.74) is 0.349. The van der Waals surface area contributed by atoms with E-state index in [-0.39, 0.29) is 41.3 Å². The highest BCUT2D eigenvalue weighted by Crippen LogP contribution is 2.25. The number of sulfonamides is 1. The SMILES string of the molecule is Cc1noc(C)c1S(=O)(=O)N1CCN(C(=O)CSc2nnc(C(C)C)n2C)CC1. The van der Waals surface area contributed by atoms with Gasteiger partial charge >= 0.3 is 0 Å². The smallest absolute Gasteiger partial charge is 0.248 e. The Bertz CT molecular complexity index is 970. The van der Waals surface area contributed by atoms with Crippen LogP contribution in [0, 0.1) is 13.8 Å². The van der Waals surface area contributed by atoms with Gasteiger partial charge < -0.3 is 14.0 Å². The molecule has 0 radical (unpaired) electrons. The zero-order chi connectivity index (χ0) is 21.3. The minimum atomic E-state index is -3.68. The monoisotopic (exact) mass is 442 g/mol. The third kappa shape index (κ3) is 4.33. The number of nitrogens with zero attached hydrogens (tertiary/aromatic N) is 6. The fraction of sp³-hybridized carbons (Fsp3) is 0.647. The highest BCUT2D eigenvalue weighted by atomic mass is 32.2. The summed E-state index contributed by atoms with van der Waals surface area (Å²) in [6, 6.07) is 0. The van der Waals surface area contributed by atoms with Gasteiger partial charge in [0.2, 0.25) is 15.9 Å². The molecule has 1 aliphatic heterocycles. The molecule has 10 nitrogen and oxygen atoms in total. The second-order valence-corrected chi connectivity index (χ2v) is 10.1. The fourth-order valence-corrected chi connectivity index (χ4v) is 5.86. The van der Waals surface area contributed by atoms with E-state index in [9.17, 15) is 13.2 Å². The van der Waals surface area contributed by atoms with Crippen molar-refractivity contribution in [2.45, 2.75) is 43.7 Å². The summed E-state index contributed by atoms with van der Waals surface area (Å²) < 4.78 is 34.0. The topological polar surface area (TPSA) is 114 Å². The number of carbonyl (C=O) groups excluding carboxylic acids is 1. The van der Waals surface area contributed by atoms with Crippen LogP contribution >= 0.6 is 11.8 Å². The third-order valence-electron chi connectivity index (χ3n) is 4.87. The first kappa shape index (κ1) is 21.8. The number of carbonyl (C=O) groups is 1. The maximum atomic E-state index is 12.9. The van der Waals surface area contributed by atoms with Crippen molar-refractivity contribution in [2.24, 2.45) is 7.05 Å². The van der Waals surface area contributed by atoms with Crippen molar-refractivity contribution in [3.05, 3.63) is 17.3 Å². The molecule has 3 rings (SSSR count). The van der Waals surface area contributed by atoms with Gasteiger partial charge in [0.15, 0.2) is 10.9 Å². The Labute approximate surface area is 174 Å². The van der Waals surface area contributed by atoms with Crippen LogP contribution in [0.3, 0.4) is 0 Å². The fourth-order valence-electron chi connectivity index (χ4n) is 3.32. The van der Waals surface area contributed by atoms with Crippen LogP contribution in [0.5, 0.6) is 0 Å². The molecule has 0 spiro atoms. The van der Waals surface area contributed by atoms with Gasteiger partial charge in [-0.3, -0.25) is 4.79 Å². The minimum Gasteiger partial charge on any atom is -0.360 e. The van der Waals surface area contributed by atoms with E-state index in [1.165, 1.54) is 16.1 Å². The van der Waals surface area contributed by atoms with Crippen molar-refractivity contribution >= 4 is 27.7 Å². The number of rotatable bonds is 6. The minimum absolute atomic E-state index is 0.0431. The normalized spacial score (nSPS) is 16.0. The summed E-state index contributed by atoms with van der Waals surface area (Å²) in [5, 5.41) is 12.7. The third-order valence-corrected chi connectivity index (χ3v) is 8.02. The van der Waals surface area contributed by atoms with Gasteiger partial charge in [0.05, 0.1) is 5.75 Å². The van der Waals surface area contributed by atoms with Crippen LogP contribution in [0.4, 0.5) is 0 Å². The lowest BCUT2D eigenvalue weighted by molar-refractivity contribution is -0.129. The summed E-state index contributed by atoms with van der Waals surface area (Å²) in [6.07, 6.45) is 0. The second kappa shape index (κ2) is 8.44. The van der Waals surface area contributed by atoms with Crippen LogP contribution in [0.1, 0.15) is 37.0 Å². The highest BCUT2D eigenvalue weighted by molar-refractivity contribution is 7.99. The number of aryl methyl sites for hydroxylation is 2. The van der Waals surface area contributed by atoms with Crippen LogP contribution in [0.2, 0.25) is 0 Å². The van der Waals surface area contributed by atoms with Gasteiger partial charge in [-0.1, -0.05) is 30.8 Å². The molecule has 1 fully saturated rings. The molecule has 0 unspecified atom stereocenters. The molecule has 1 saturated heterocycles. The Balaban J connectivity index is 1.57. The van der Waals surface area contributed by atoms with Crippen molar-refractivity contribution in [3.8, 4) is 0 Å². The Morgan fingerprint density at radius 1 is 1.17 bits per heavy atom. The quantitative estimate of drug-likeness (QED) is 0.613. The molecule has 1 aliphatic rings. The summed E-state index contributed by atoms with van der Waals surface area (Å²) in [4.78, 5) is 14.4. The second-order valence-electron chi connectivity index (χ2n) is 7.28. The number of hydrogen-bond acceptors (Lipinski definition) is 8. The van der Waals surface area contributed by atoms with E-state index in [0.29, 0.717) is 23.9 Å². The number of aromatic nitrogens is 4. The van der Waals surface area contributed by atoms with E-state index in [1.54, 1.807) is 18.7 Å². The number of piperazine rings is 1. The van der Waals surface area contributed by atoms with Crippen LogP contribution in [-0.2, 0) is 21.9 Å². The number of thioether (sulfide) groups is 1. The van der Waals surface area contributed by atoms with E-state index in [4.69, 9.17) is 4.52 Å². The van der Waals surface area contributed by atoms with Gasteiger partial charge in [-0.2, -0.15) is 4.31 Å². The van der Waals surface area contributed by atoms with Crippen molar-refractivity contribution in [1.82, 2.24) is 29.1 Å². The average molecular weight is 443 g/mol. The molecular formula is C17H26N6O4S2. The molecule has 12 heteroatoms. The molecule has 0 aliphatic carbocycles. The van der Waals surface area contributed by atoms with Crippen molar-refractivity contribution in [1.29, 1.82) is 0 Å². The van der Waals surface area contributed by atoms with Crippen LogP contribution in [0.15, 0.2) is 14.6 Å². The van der Waals surface area contributed by atoms with Crippen LogP contribution in [0.25, 0.3) is 0 Å². The summed E-state index contributed by atoms with van der Waals surface area (Å²) in [7, 11) is -1.79. The van der Waals surface area contributed by atoms with E-state index in [2.05, 4.69) is 15.4 Å². The van der Waals surface area contributed by atoms with Gasteiger partial charge in [0.25, 0.3) is 0 Å². The predicted molar refractivity (Wildman–Crippen MR) is 107 cm³/mol. The maximum absolute atomic E-state index is 12.9. The molecule has 0 N–H and O–H groups in total. The average Bonchev–Trinajstić information content (AvgIpc) is 3.21. The number of amides is 1. The van der Waals surface area contributed by atoms with E-state index >= 15 is 0 Å². The first-order valence-electron chi connectivity index (χ1n) is 9.35. The van der Waals surface area contributed by atoms with E-state index in [0.717, 1.165) is 5.82 Å². The first-order valence-corrected chi connectivity index (χ1v) is 11.8. The van der Waals surface area contributed by atoms with Gasteiger partial charge in [-0.25, -0.2) is 8.42 Å². The zero-order valence-corrected chi connectivity index (χ0v) is 18.9. The maximum Gasteiger partial charge on any atom is 0.248 e. The lowest BCUT2D eigenvalue weighted by Gasteiger charge is -2.33. The van der Waals surface area contributed by atoms with Gasteiger partial charge in [0.1, 0.15) is 16.4 Å². The first-order chi connectivity index (χ1) is 13.6. The Hall–Kier alpha value is -1.92. The van der Waals surface area contributed by atoms with Crippen molar-refractivity contribution in [3.63, 3.8) is 0 Å². The standard InChI is InChI=1S/C17H26N6O4S2/c1-11(2)16-18-19-17(21(16)5)28-10-14(24)22-6-8-23(9-7-22)29(25,26)15-12(3)20-27-13(15)4/h11H,6-10H2,1-5H3. The largest absolute Gasteiger partial charge is 0.360 e. The molecule has 0 bridgehead atoms. The molecule has 3 heterocycles. The lowest BCUT2D eigenvalue weighted by Crippen LogP contribution is -2.51. The Morgan fingerprint density at radius 2 is 1.83 bits per heavy atom. The van der Waals surface area contributed by atoms with Crippen molar-refractivity contribution in [2.75, 3.05) is 31.9 Å². The molecule has 160 valence electrons. The van der Waals surface area contributed by atoms with Gasteiger partial charge in [-0.05, 0) is 13.8 Å². The van der Waals surface area contributed by atoms with Gasteiger partial charge in [-0.15, -0.1) is 10.2 Å².